The number of fused-ring (bicyclic) bond motifs is 1. The summed E-state index contributed by atoms with van der Waals surface area (Å²) in [4.78, 5) is 16.3. The Morgan fingerprint density at radius 2 is 2.21 bits per heavy atom. The highest BCUT2D eigenvalue weighted by atomic mass is 16.5. The van der Waals surface area contributed by atoms with Crippen molar-refractivity contribution in [2.45, 2.75) is 19.9 Å². The van der Waals surface area contributed by atoms with Gasteiger partial charge in [-0.2, -0.15) is 0 Å². The van der Waals surface area contributed by atoms with Crippen LogP contribution in [0, 0.1) is 6.92 Å². The van der Waals surface area contributed by atoms with Crippen molar-refractivity contribution in [2.24, 2.45) is 0 Å². The van der Waals surface area contributed by atoms with E-state index >= 15 is 0 Å². The Morgan fingerprint density at radius 1 is 1.42 bits per heavy atom. The van der Waals surface area contributed by atoms with E-state index < -0.39 is 0 Å². The van der Waals surface area contributed by atoms with E-state index in [0.717, 1.165) is 23.3 Å². The van der Waals surface area contributed by atoms with Crippen LogP contribution in [0.4, 0.5) is 0 Å². The van der Waals surface area contributed by atoms with Gasteiger partial charge in [0.05, 0.1) is 11.0 Å². The van der Waals surface area contributed by atoms with Crippen molar-refractivity contribution < 1.29 is 9.53 Å². The number of carbonyl (C=O) groups excluding carboxylic acids is 1. The van der Waals surface area contributed by atoms with Crippen LogP contribution in [0.25, 0.3) is 11.0 Å². The lowest BCUT2D eigenvalue weighted by molar-refractivity contribution is -0.121. The van der Waals surface area contributed by atoms with Crippen LogP contribution < -0.4 is 5.32 Å². The molecule has 0 aliphatic heterocycles. The summed E-state index contributed by atoms with van der Waals surface area (Å²) >= 11 is 0. The second-order valence-electron chi connectivity index (χ2n) is 4.43. The summed E-state index contributed by atoms with van der Waals surface area (Å²) in [5, 5.41) is 2.88. The Bertz CT molecular complexity index is 563. The molecule has 0 aliphatic rings. The molecule has 1 aromatic heterocycles. The Kier molecular flexibility index (Phi) is 4.52. The minimum absolute atomic E-state index is 0.00218. The largest absolute Gasteiger partial charge is 0.385 e. The van der Waals surface area contributed by atoms with Gasteiger partial charge in [0, 0.05) is 20.3 Å². The van der Waals surface area contributed by atoms with Gasteiger partial charge in [-0.05, 0) is 25.5 Å². The summed E-state index contributed by atoms with van der Waals surface area (Å²) in [6.45, 7) is 3.52. The molecule has 0 atom stereocenters. The third-order valence-electron chi connectivity index (χ3n) is 2.99. The number of aromatic nitrogens is 2. The van der Waals surface area contributed by atoms with Gasteiger partial charge in [0.15, 0.2) is 0 Å². The zero-order valence-corrected chi connectivity index (χ0v) is 11.3. The van der Waals surface area contributed by atoms with E-state index in [1.807, 2.05) is 35.8 Å². The van der Waals surface area contributed by atoms with Crippen LogP contribution in [0.2, 0.25) is 0 Å². The van der Waals surface area contributed by atoms with Crippen LogP contribution in [-0.4, -0.2) is 35.7 Å². The first-order chi connectivity index (χ1) is 9.22. The summed E-state index contributed by atoms with van der Waals surface area (Å²) in [5.41, 5.74) is 1.92. The highest BCUT2D eigenvalue weighted by molar-refractivity contribution is 5.81. The standard InChI is InChI=1S/C14H19N3O2/c1-11-16-12-6-3-4-7-13(12)17(11)10-14(18)15-8-5-9-19-2/h3-4,6-7H,5,8-10H2,1-2H3,(H,15,18). The van der Waals surface area contributed by atoms with Gasteiger partial charge in [0.2, 0.25) is 5.91 Å². The number of methoxy groups -OCH3 is 1. The topological polar surface area (TPSA) is 56.1 Å². The SMILES string of the molecule is COCCCNC(=O)Cn1c(C)nc2ccccc21. The van der Waals surface area contributed by atoms with Crippen molar-refractivity contribution in [1.29, 1.82) is 0 Å². The van der Waals surface area contributed by atoms with Crippen LogP contribution in [0.3, 0.4) is 0 Å². The normalized spacial score (nSPS) is 10.8. The van der Waals surface area contributed by atoms with Crippen molar-refractivity contribution in [3.05, 3.63) is 30.1 Å². The lowest BCUT2D eigenvalue weighted by Gasteiger charge is -2.08. The maximum atomic E-state index is 11.9. The van der Waals surface area contributed by atoms with Gasteiger partial charge in [0.1, 0.15) is 12.4 Å². The molecule has 0 unspecified atom stereocenters. The Labute approximate surface area is 112 Å². The fourth-order valence-corrected chi connectivity index (χ4v) is 2.04. The first-order valence-corrected chi connectivity index (χ1v) is 6.40. The number of benzene rings is 1. The van der Waals surface area contributed by atoms with Gasteiger partial charge in [-0.25, -0.2) is 4.98 Å². The number of rotatable bonds is 6. The number of ether oxygens (including phenoxy) is 1. The van der Waals surface area contributed by atoms with E-state index in [9.17, 15) is 4.79 Å². The lowest BCUT2D eigenvalue weighted by Crippen LogP contribution is -2.29. The van der Waals surface area contributed by atoms with E-state index in [1.54, 1.807) is 7.11 Å². The summed E-state index contributed by atoms with van der Waals surface area (Å²) in [7, 11) is 1.66. The quantitative estimate of drug-likeness (QED) is 0.802. The molecule has 1 N–H and O–H groups in total. The van der Waals surface area contributed by atoms with Crippen LogP contribution in [0.5, 0.6) is 0 Å². The Balaban J connectivity index is 2.00. The maximum absolute atomic E-state index is 11.9. The van der Waals surface area contributed by atoms with Gasteiger partial charge in [-0.3, -0.25) is 4.79 Å². The first kappa shape index (κ1) is 13.5. The maximum Gasteiger partial charge on any atom is 0.240 e. The molecule has 1 amide bonds. The summed E-state index contributed by atoms with van der Waals surface area (Å²) in [5.74, 6) is 0.857. The van der Waals surface area contributed by atoms with Crippen molar-refractivity contribution in [1.82, 2.24) is 14.9 Å². The molecule has 5 heteroatoms. The molecule has 0 radical (unpaired) electrons. The molecule has 0 bridgehead atoms. The molecule has 1 heterocycles. The van der Waals surface area contributed by atoms with Gasteiger partial charge in [-0.15, -0.1) is 0 Å². The van der Waals surface area contributed by atoms with Crippen LogP contribution in [-0.2, 0) is 16.1 Å². The molecule has 0 fully saturated rings. The molecule has 0 saturated carbocycles. The number of nitrogens with zero attached hydrogens (tertiary/aromatic N) is 2. The Morgan fingerprint density at radius 3 is 3.00 bits per heavy atom. The fourth-order valence-electron chi connectivity index (χ4n) is 2.04. The fraction of sp³-hybridized carbons (Fsp3) is 0.429. The molecule has 0 saturated heterocycles. The molecular weight excluding hydrogens is 242 g/mol. The van der Waals surface area contributed by atoms with Gasteiger partial charge in [-0.1, -0.05) is 12.1 Å². The highest BCUT2D eigenvalue weighted by Gasteiger charge is 2.09. The van der Waals surface area contributed by atoms with E-state index in [2.05, 4.69) is 10.3 Å². The zero-order chi connectivity index (χ0) is 13.7. The predicted octanol–water partition coefficient (Wildman–Crippen LogP) is 1.50. The third-order valence-corrected chi connectivity index (χ3v) is 2.99. The summed E-state index contributed by atoms with van der Waals surface area (Å²) < 4.78 is 6.87. The van der Waals surface area contributed by atoms with Crippen LogP contribution in [0.1, 0.15) is 12.2 Å². The van der Waals surface area contributed by atoms with Crippen molar-refractivity contribution in [3.63, 3.8) is 0 Å². The average Bonchev–Trinajstić information content (AvgIpc) is 2.72. The molecular formula is C14H19N3O2. The minimum atomic E-state index is 0.00218. The molecule has 0 spiro atoms. The third kappa shape index (κ3) is 3.32. The monoisotopic (exact) mass is 261 g/mol. The van der Waals surface area contributed by atoms with Crippen molar-refractivity contribution in [2.75, 3.05) is 20.3 Å². The molecule has 1 aromatic carbocycles. The Hall–Kier alpha value is -1.88. The number of amides is 1. The number of hydrogen-bond donors (Lipinski definition) is 1. The number of nitrogens with one attached hydrogen (secondary N) is 1. The number of imidazole rings is 1. The van der Waals surface area contributed by atoms with Gasteiger partial charge < -0.3 is 14.6 Å². The van der Waals surface area contributed by atoms with E-state index in [4.69, 9.17) is 4.74 Å². The van der Waals surface area contributed by atoms with Crippen LogP contribution in [0.15, 0.2) is 24.3 Å². The zero-order valence-electron chi connectivity index (χ0n) is 11.3. The molecule has 102 valence electrons. The second-order valence-corrected chi connectivity index (χ2v) is 4.43. The van der Waals surface area contributed by atoms with E-state index in [0.29, 0.717) is 19.7 Å². The molecule has 0 aliphatic carbocycles. The van der Waals surface area contributed by atoms with Crippen LogP contribution >= 0.6 is 0 Å². The molecule has 2 rings (SSSR count). The van der Waals surface area contributed by atoms with Crippen molar-refractivity contribution in [3.8, 4) is 0 Å². The molecule has 2 aromatic rings. The number of para-hydroxylation sites is 2. The summed E-state index contributed by atoms with van der Waals surface area (Å²) in [6, 6.07) is 7.84. The molecule has 5 nitrogen and oxygen atoms in total. The minimum Gasteiger partial charge on any atom is -0.385 e. The number of aryl methyl sites for hydroxylation is 1. The van der Waals surface area contributed by atoms with E-state index in [1.165, 1.54) is 0 Å². The van der Waals surface area contributed by atoms with Gasteiger partial charge in [0.25, 0.3) is 0 Å². The average molecular weight is 261 g/mol. The van der Waals surface area contributed by atoms with Gasteiger partial charge >= 0.3 is 0 Å². The second kappa shape index (κ2) is 6.33. The molecule has 19 heavy (non-hydrogen) atoms. The summed E-state index contributed by atoms with van der Waals surface area (Å²) in [6.07, 6.45) is 0.825. The first-order valence-electron chi connectivity index (χ1n) is 6.40. The lowest BCUT2D eigenvalue weighted by atomic mass is 10.3. The smallest absolute Gasteiger partial charge is 0.240 e. The highest BCUT2D eigenvalue weighted by Crippen LogP contribution is 2.14. The number of carbonyl (C=O) groups is 1. The predicted molar refractivity (Wildman–Crippen MR) is 74.0 cm³/mol. The van der Waals surface area contributed by atoms with Crippen molar-refractivity contribution >= 4 is 16.9 Å². The van der Waals surface area contributed by atoms with E-state index in [-0.39, 0.29) is 5.91 Å². The number of hydrogen-bond acceptors (Lipinski definition) is 3.